The van der Waals surface area contributed by atoms with Crippen LogP contribution in [0.25, 0.3) is 10.8 Å². The van der Waals surface area contributed by atoms with Gasteiger partial charge in [-0.3, -0.25) is 9.78 Å². The lowest BCUT2D eigenvalue weighted by molar-refractivity contribution is -0.135. The van der Waals surface area contributed by atoms with Crippen LogP contribution < -0.4 is 10.5 Å². The number of ether oxygens (including phenoxy) is 1. The molecule has 1 heterocycles. The number of benzene rings is 3. The molecule has 2 N–H and O–H groups in total. The first-order valence-corrected chi connectivity index (χ1v) is 9.15. The van der Waals surface area contributed by atoms with Crippen molar-refractivity contribution in [2.24, 2.45) is 5.73 Å². The van der Waals surface area contributed by atoms with Crippen LogP contribution in [0.1, 0.15) is 22.7 Å². The van der Waals surface area contributed by atoms with Gasteiger partial charge in [0.15, 0.2) is 0 Å². The number of carbonyl (C=O) groups is 1. The van der Waals surface area contributed by atoms with Gasteiger partial charge in [0.1, 0.15) is 11.7 Å². The molecule has 0 bridgehead atoms. The first kappa shape index (κ1) is 17.9. The van der Waals surface area contributed by atoms with Gasteiger partial charge in [-0.25, -0.2) is 0 Å². The summed E-state index contributed by atoms with van der Waals surface area (Å²) in [4.78, 5) is 17.8. The lowest BCUT2D eigenvalue weighted by atomic mass is 9.91. The zero-order valence-electron chi connectivity index (χ0n) is 15.3. The fraction of sp³-hybridized carbons (Fsp3) is 0.0833. The zero-order chi connectivity index (χ0) is 19.3. The van der Waals surface area contributed by atoms with Gasteiger partial charge < -0.3 is 10.5 Å². The standard InChI is InChI=1S/C24H20N2O2/c25-16-17-10-12-19(13-11-17)22(24(27)28-20-7-2-1-3-8-20)23-21-9-5-4-6-18(21)14-15-26-23/h1-15,22H,16,25H2. The van der Waals surface area contributed by atoms with Gasteiger partial charge in [-0.2, -0.15) is 0 Å². The SMILES string of the molecule is NCc1ccc(C(C(=O)Oc2ccccc2)c2nccc3ccccc23)cc1. The summed E-state index contributed by atoms with van der Waals surface area (Å²) in [5.74, 6) is -0.495. The van der Waals surface area contributed by atoms with Crippen molar-refractivity contribution < 1.29 is 9.53 Å². The van der Waals surface area contributed by atoms with Gasteiger partial charge in [-0.05, 0) is 34.7 Å². The molecule has 4 rings (SSSR count). The molecule has 4 nitrogen and oxygen atoms in total. The number of hydrogen-bond donors (Lipinski definition) is 1. The van der Waals surface area contributed by atoms with Gasteiger partial charge in [0.25, 0.3) is 0 Å². The lowest BCUT2D eigenvalue weighted by Gasteiger charge is -2.18. The summed E-state index contributed by atoms with van der Waals surface area (Å²) in [5, 5.41) is 1.96. The number of hydrogen-bond acceptors (Lipinski definition) is 4. The van der Waals surface area contributed by atoms with E-state index in [0.29, 0.717) is 18.0 Å². The highest BCUT2D eigenvalue weighted by Crippen LogP contribution is 2.31. The minimum Gasteiger partial charge on any atom is -0.426 e. The van der Waals surface area contributed by atoms with Crippen LogP contribution >= 0.6 is 0 Å². The van der Waals surface area contributed by atoms with Crippen molar-refractivity contribution in [2.75, 3.05) is 0 Å². The maximum atomic E-state index is 13.2. The van der Waals surface area contributed by atoms with Crippen LogP contribution in [0.15, 0.2) is 91.1 Å². The van der Waals surface area contributed by atoms with Crippen LogP contribution in [0.2, 0.25) is 0 Å². The van der Waals surface area contributed by atoms with Crippen molar-refractivity contribution in [3.63, 3.8) is 0 Å². The molecule has 28 heavy (non-hydrogen) atoms. The molecular formula is C24H20N2O2. The third-order valence-electron chi connectivity index (χ3n) is 4.72. The molecule has 0 spiro atoms. The Morgan fingerprint density at radius 2 is 1.61 bits per heavy atom. The molecule has 0 aliphatic rings. The third-order valence-corrected chi connectivity index (χ3v) is 4.72. The Bertz CT molecular complexity index is 1090. The number of nitrogens with two attached hydrogens (primary N) is 1. The van der Waals surface area contributed by atoms with E-state index in [2.05, 4.69) is 4.98 Å². The maximum Gasteiger partial charge on any atom is 0.324 e. The van der Waals surface area contributed by atoms with Crippen molar-refractivity contribution in [1.29, 1.82) is 0 Å². The number of nitrogens with zero attached hydrogens (tertiary/aromatic N) is 1. The Hall–Kier alpha value is -3.50. The summed E-state index contributed by atoms with van der Waals surface area (Å²) < 4.78 is 5.69. The molecule has 0 amide bonds. The van der Waals surface area contributed by atoms with Crippen LogP contribution in [0.5, 0.6) is 5.75 Å². The molecule has 0 saturated carbocycles. The van der Waals surface area contributed by atoms with E-state index >= 15 is 0 Å². The second-order valence-electron chi connectivity index (χ2n) is 6.53. The molecule has 0 aliphatic heterocycles. The van der Waals surface area contributed by atoms with Crippen molar-refractivity contribution >= 4 is 16.7 Å². The van der Waals surface area contributed by atoms with Crippen LogP contribution in [-0.2, 0) is 11.3 Å². The molecule has 0 fully saturated rings. The van der Waals surface area contributed by atoms with Gasteiger partial charge in [0.2, 0.25) is 0 Å². The predicted octanol–water partition coefficient (Wildman–Crippen LogP) is 4.43. The molecule has 0 aliphatic carbocycles. The first-order chi connectivity index (χ1) is 13.8. The smallest absolute Gasteiger partial charge is 0.324 e. The van der Waals surface area contributed by atoms with Crippen LogP contribution in [0, 0.1) is 0 Å². The molecule has 138 valence electrons. The highest BCUT2D eigenvalue weighted by molar-refractivity contribution is 5.92. The Kier molecular flexibility index (Phi) is 5.13. The summed E-state index contributed by atoms with van der Waals surface area (Å²) in [6.07, 6.45) is 1.73. The molecule has 1 aromatic heterocycles. The summed E-state index contributed by atoms with van der Waals surface area (Å²) in [5.41, 5.74) is 8.23. The minimum atomic E-state index is -0.641. The van der Waals surface area contributed by atoms with E-state index in [1.807, 2.05) is 72.8 Å². The molecule has 3 aromatic carbocycles. The average molecular weight is 368 g/mol. The van der Waals surface area contributed by atoms with Gasteiger partial charge in [-0.1, -0.05) is 66.7 Å². The lowest BCUT2D eigenvalue weighted by Crippen LogP contribution is -2.21. The Labute approximate surface area is 163 Å². The Balaban J connectivity index is 1.81. The Morgan fingerprint density at radius 3 is 2.36 bits per heavy atom. The third kappa shape index (κ3) is 3.63. The number of carbonyl (C=O) groups excluding carboxylic acids is 1. The molecule has 1 unspecified atom stereocenters. The molecule has 4 aromatic rings. The van der Waals surface area contributed by atoms with Crippen molar-refractivity contribution in [1.82, 2.24) is 4.98 Å². The highest BCUT2D eigenvalue weighted by atomic mass is 16.5. The van der Waals surface area contributed by atoms with E-state index in [0.717, 1.165) is 21.9 Å². The van der Waals surface area contributed by atoms with Crippen molar-refractivity contribution in [2.45, 2.75) is 12.5 Å². The normalized spacial score (nSPS) is 11.9. The Morgan fingerprint density at radius 1 is 0.893 bits per heavy atom. The summed E-state index contributed by atoms with van der Waals surface area (Å²) >= 11 is 0. The van der Waals surface area contributed by atoms with E-state index in [4.69, 9.17) is 10.5 Å². The number of pyridine rings is 1. The minimum absolute atomic E-state index is 0.365. The average Bonchev–Trinajstić information content (AvgIpc) is 2.75. The number of aromatic nitrogens is 1. The fourth-order valence-corrected chi connectivity index (χ4v) is 3.29. The number of para-hydroxylation sites is 1. The predicted molar refractivity (Wildman–Crippen MR) is 110 cm³/mol. The van der Waals surface area contributed by atoms with Crippen molar-refractivity contribution in [3.8, 4) is 5.75 Å². The molecule has 0 saturated heterocycles. The van der Waals surface area contributed by atoms with E-state index in [1.165, 1.54) is 0 Å². The van der Waals surface area contributed by atoms with Crippen LogP contribution in [0.3, 0.4) is 0 Å². The monoisotopic (exact) mass is 368 g/mol. The molecule has 1 atom stereocenters. The van der Waals surface area contributed by atoms with Crippen LogP contribution in [0.4, 0.5) is 0 Å². The van der Waals surface area contributed by atoms with Gasteiger partial charge in [0, 0.05) is 18.1 Å². The van der Waals surface area contributed by atoms with E-state index in [-0.39, 0.29) is 5.97 Å². The summed E-state index contributed by atoms with van der Waals surface area (Å²) in [6, 6.07) is 26.6. The van der Waals surface area contributed by atoms with Crippen molar-refractivity contribution in [3.05, 3.63) is 108 Å². The van der Waals surface area contributed by atoms with Crippen LogP contribution in [-0.4, -0.2) is 11.0 Å². The quantitative estimate of drug-likeness (QED) is 0.418. The number of fused-ring (bicyclic) bond motifs is 1. The van der Waals surface area contributed by atoms with E-state index in [9.17, 15) is 4.79 Å². The molecule has 4 heteroatoms. The zero-order valence-corrected chi connectivity index (χ0v) is 15.3. The summed E-state index contributed by atoms with van der Waals surface area (Å²) in [6.45, 7) is 0.450. The van der Waals surface area contributed by atoms with Gasteiger partial charge >= 0.3 is 5.97 Å². The van der Waals surface area contributed by atoms with Gasteiger partial charge in [-0.15, -0.1) is 0 Å². The first-order valence-electron chi connectivity index (χ1n) is 9.15. The number of rotatable bonds is 5. The summed E-state index contributed by atoms with van der Waals surface area (Å²) in [7, 11) is 0. The van der Waals surface area contributed by atoms with Gasteiger partial charge in [0.05, 0.1) is 5.69 Å². The topological polar surface area (TPSA) is 65.2 Å². The molecular weight excluding hydrogens is 348 g/mol. The maximum absolute atomic E-state index is 13.2. The largest absolute Gasteiger partial charge is 0.426 e. The van der Waals surface area contributed by atoms with E-state index in [1.54, 1.807) is 18.3 Å². The molecule has 0 radical (unpaired) electrons. The second kappa shape index (κ2) is 8.03. The van der Waals surface area contributed by atoms with E-state index < -0.39 is 5.92 Å². The fourth-order valence-electron chi connectivity index (χ4n) is 3.29. The second-order valence-corrected chi connectivity index (χ2v) is 6.53. The highest BCUT2D eigenvalue weighted by Gasteiger charge is 2.28. The number of esters is 1.